The number of hydrogen-bond acceptors (Lipinski definition) is 6. The molecule has 2 atom stereocenters. The number of morpholine rings is 2. The van der Waals surface area contributed by atoms with Crippen LogP contribution < -0.4 is 4.90 Å². The molecule has 0 aromatic carbocycles. The van der Waals surface area contributed by atoms with Gasteiger partial charge in [-0.15, -0.1) is 0 Å². The van der Waals surface area contributed by atoms with E-state index in [0.717, 1.165) is 71.2 Å². The first-order chi connectivity index (χ1) is 12.1. The van der Waals surface area contributed by atoms with Gasteiger partial charge in [-0.25, -0.2) is 0 Å². The number of rotatable bonds is 3. The first-order valence-corrected chi connectivity index (χ1v) is 9.53. The maximum absolute atomic E-state index is 5.99. The van der Waals surface area contributed by atoms with Gasteiger partial charge in [0.1, 0.15) is 5.82 Å². The Labute approximate surface area is 150 Å². The van der Waals surface area contributed by atoms with E-state index in [9.17, 15) is 0 Å². The summed E-state index contributed by atoms with van der Waals surface area (Å²) in [5.74, 6) is 1.27. The average Bonchev–Trinajstić information content (AvgIpc) is 2.90. The molecule has 3 aliphatic rings. The van der Waals surface area contributed by atoms with Gasteiger partial charge in [0.25, 0.3) is 0 Å². The zero-order chi connectivity index (χ0) is 17.4. The third-order valence-electron chi connectivity index (χ3n) is 5.95. The minimum absolute atomic E-state index is 0.406. The lowest BCUT2D eigenvalue weighted by Gasteiger charge is -2.45. The summed E-state index contributed by atoms with van der Waals surface area (Å²) in [5, 5.41) is 4.72. The molecule has 3 aliphatic heterocycles. The van der Waals surface area contributed by atoms with E-state index in [0.29, 0.717) is 12.1 Å². The van der Waals surface area contributed by atoms with Crippen molar-refractivity contribution in [3.63, 3.8) is 0 Å². The van der Waals surface area contributed by atoms with E-state index in [-0.39, 0.29) is 0 Å². The summed E-state index contributed by atoms with van der Waals surface area (Å²) in [6.07, 6.45) is 1.53. The Morgan fingerprint density at radius 3 is 2.68 bits per heavy atom. The van der Waals surface area contributed by atoms with Crippen LogP contribution in [0.4, 0.5) is 5.82 Å². The second kappa shape index (κ2) is 7.23. The van der Waals surface area contributed by atoms with Crippen molar-refractivity contribution in [1.82, 2.24) is 19.6 Å². The van der Waals surface area contributed by atoms with E-state index in [1.54, 1.807) is 0 Å². The van der Waals surface area contributed by atoms with Gasteiger partial charge in [-0.3, -0.25) is 14.5 Å². The van der Waals surface area contributed by atoms with Crippen LogP contribution in [0.3, 0.4) is 0 Å². The van der Waals surface area contributed by atoms with Gasteiger partial charge in [0.2, 0.25) is 0 Å². The molecule has 1 aromatic heterocycles. The second-order valence-corrected chi connectivity index (χ2v) is 7.59. The van der Waals surface area contributed by atoms with Crippen LogP contribution in [0, 0.1) is 6.92 Å². The lowest BCUT2D eigenvalue weighted by Crippen LogP contribution is -2.58. The molecule has 7 heteroatoms. The van der Waals surface area contributed by atoms with Crippen molar-refractivity contribution >= 4 is 5.82 Å². The molecular weight excluding hydrogens is 318 g/mol. The number of piperidine rings is 1. The van der Waals surface area contributed by atoms with Crippen molar-refractivity contribution in [3.8, 4) is 0 Å². The number of aryl methyl sites for hydroxylation is 2. The Balaban J connectivity index is 1.50. The number of nitrogens with zero attached hydrogens (tertiary/aromatic N) is 5. The van der Waals surface area contributed by atoms with Gasteiger partial charge < -0.3 is 14.4 Å². The largest absolute Gasteiger partial charge is 0.378 e. The zero-order valence-corrected chi connectivity index (χ0v) is 15.8. The Morgan fingerprint density at radius 2 is 1.88 bits per heavy atom. The molecule has 0 aliphatic carbocycles. The highest BCUT2D eigenvalue weighted by Gasteiger charge is 2.36. The molecule has 0 unspecified atom stereocenters. The molecule has 25 heavy (non-hydrogen) atoms. The monoisotopic (exact) mass is 349 g/mol. The van der Waals surface area contributed by atoms with Crippen molar-refractivity contribution in [2.45, 2.75) is 32.0 Å². The fourth-order valence-electron chi connectivity index (χ4n) is 4.52. The molecule has 0 spiro atoms. The molecule has 0 amide bonds. The molecule has 4 rings (SSSR count). The van der Waals surface area contributed by atoms with Crippen LogP contribution in [0.2, 0.25) is 0 Å². The second-order valence-electron chi connectivity index (χ2n) is 7.59. The van der Waals surface area contributed by atoms with Gasteiger partial charge in [-0.05, 0) is 20.4 Å². The van der Waals surface area contributed by atoms with Crippen LogP contribution in [0.15, 0.2) is 0 Å². The minimum Gasteiger partial charge on any atom is -0.378 e. The summed E-state index contributed by atoms with van der Waals surface area (Å²) in [4.78, 5) is 7.49. The van der Waals surface area contributed by atoms with Crippen LogP contribution in [0.5, 0.6) is 0 Å². The SMILES string of the molecule is Cc1nn(C)c(N2CCOCC2)c1CN1CC[C@@H]2OCCN(C)[C@@H]2C1. The Kier molecular flexibility index (Phi) is 4.99. The zero-order valence-electron chi connectivity index (χ0n) is 15.8. The Morgan fingerprint density at radius 1 is 1.08 bits per heavy atom. The lowest BCUT2D eigenvalue weighted by molar-refractivity contribution is -0.0956. The van der Waals surface area contributed by atoms with Crippen molar-refractivity contribution < 1.29 is 9.47 Å². The Hall–Kier alpha value is -1.15. The molecule has 3 saturated heterocycles. The third-order valence-corrected chi connectivity index (χ3v) is 5.95. The predicted molar refractivity (Wildman–Crippen MR) is 97.0 cm³/mol. The van der Waals surface area contributed by atoms with Crippen LogP contribution in [0.25, 0.3) is 0 Å². The molecule has 0 radical (unpaired) electrons. The molecule has 0 bridgehead atoms. The van der Waals surface area contributed by atoms with E-state index >= 15 is 0 Å². The third kappa shape index (κ3) is 3.43. The van der Waals surface area contributed by atoms with Crippen LogP contribution >= 0.6 is 0 Å². The fraction of sp³-hybridized carbons (Fsp3) is 0.833. The Bertz CT molecular complexity index is 599. The van der Waals surface area contributed by atoms with Crippen LogP contribution in [-0.2, 0) is 23.1 Å². The molecule has 0 N–H and O–H groups in total. The molecular formula is C18H31N5O2. The normalized spacial score (nSPS) is 29.0. The molecule has 0 saturated carbocycles. The molecule has 3 fully saturated rings. The van der Waals surface area contributed by atoms with E-state index in [1.807, 2.05) is 0 Å². The number of ether oxygens (including phenoxy) is 2. The number of likely N-dealkylation sites (tertiary alicyclic amines) is 1. The maximum Gasteiger partial charge on any atom is 0.131 e. The van der Waals surface area contributed by atoms with Gasteiger partial charge in [-0.1, -0.05) is 0 Å². The molecule has 7 nitrogen and oxygen atoms in total. The van der Waals surface area contributed by atoms with Crippen LogP contribution in [-0.4, -0.2) is 91.3 Å². The number of fused-ring (bicyclic) bond motifs is 1. The number of likely N-dealkylation sites (N-methyl/N-ethyl adjacent to an activating group) is 1. The van der Waals surface area contributed by atoms with E-state index in [1.165, 1.54) is 11.4 Å². The summed E-state index contributed by atoms with van der Waals surface area (Å²) in [6, 6.07) is 0.520. The minimum atomic E-state index is 0.406. The fourth-order valence-corrected chi connectivity index (χ4v) is 4.52. The van der Waals surface area contributed by atoms with Crippen molar-refractivity contribution in [1.29, 1.82) is 0 Å². The average molecular weight is 349 g/mol. The summed E-state index contributed by atoms with van der Waals surface area (Å²) in [6.45, 7) is 10.7. The number of hydrogen-bond donors (Lipinski definition) is 0. The number of aromatic nitrogens is 2. The maximum atomic E-state index is 5.99. The first-order valence-electron chi connectivity index (χ1n) is 9.53. The smallest absolute Gasteiger partial charge is 0.131 e. The summed E-state index contributed by atoms with van der Waals surface area (Å²) >= 11 is 0. The van der Waals surface area contributed by atoms with Gasteiger partial charge in [0.15, 0.2) is 0 Å². The standard InChI is InChI=1S/C18H31N5O2/c1-14-15(18(21(3)19-14)23-7-9-24-10-8-23)12-22-5-4-17-16(13-22)20(2)6-11-25-17/h16-17H,4-13H2,1-3H3/t16-,17+/m1/s1. The van der Waals surface area contributed by atoms with Crippen LogP contribution in [0.1, 0.15) is 17.7 Å². The summed E-state index contributed by atoms with van der Waals surface area (Å²) in [5.41, 5.74) is 2.53. The summed E-state index contributed by atoms with van der Waals surface area (Å²) in [7, 11) is 4.30. The van der Waals surface area contributed by atoms with Gasteiger partial charge in [0.05, 0.1) is 31.6 Å². The van der Waals surface area contributed by atoms with E-state index in [4.69, 9.17) is 14.6 Å². The van der Waals surface area contributed by atoms with Crippen molar-refractivity contribution in [2.24, 2.45) is 7.05 Å². The van der Waals surface area contributed by atoms with E-state index < -0.39 is 0 Å². The van der Waals surface area contributed by atoms with Gasteiger partial charge >= 0.3 is 0 Å². The summed E-state index contributed by atoms with van der Waals surface area (Å²) < 4.78 is 13.6. The van der Waals surface area contributed by atoms with Gasteiger partial charge in [-0.2, -0.15) is 5.10 Å². The molecule has 140 valence electrons. The number of anilines is 1. The van der Waals surface area contributed by atoms with Gasteiger partial charge in [0, 0.05) is 57.9 Å². The highest BCUT2D eigenvalue weighted by molar-refractivity contribution is 5.50. The first kappa shape index (κ1) is 17.3. The van der Waals surface area contributed by atoms with Crippen molar-refractivity contribution in [3.05, 3.63) is 11.3 Å². The highest BCUT2D eigenvalue weighted by Crippen LogP contribution is 2.28. The highest BCUT2D eigenvalue weighted by atomic mass is 16.5. The quantitative estimate of drug-likeness (QED) is 0.791. The topological polar surface area (TPSA) is 46.0 Å². The van der Waals surface area contributed by atoms with E-state index in [2.05, 4.69) is 40.4 Å². The van der Waals surface area contributed by atoms with Crippen molar-refractivity contribution in [2.75, 3.05) is 64.5 Å². The lowest BCUT2D eigenvalue weighted by atomic mass is 9.98. The molecule has 4 heterocycles. The predicted octanol–water partition coefficient (Wildman–Crippen LogP) is 0.470. The molecule has 1 aromatic rings.